The first-order valence-corrected chi connectivity index (χ1v) is 12.7. The molecule has 172 valence electrons. The molecule has 0 aliphatic heterocycles. The van der Waals surface area contributed by atoms with Crippen LogP contribution >= 0.6 is 0 Å². The summed E-state index contributed by atoms with van der Waals surface area (Å²) in [7, 11) is 0. The summed E-state index contributed by atoms with van der Waals surface area (Å²) in [5, 5.41) is 31.2. The number of aliphatic hydroxyl groups is 3. The van der Waals surface area contributed by atoms with E-state index in [4.69, 9.17) is 0 Å². The third-order valence-corrected chi connectivity index (χ3v) is 10.1. The van der Waals surface area contributed by atoms with Crippen LogP contribution in [0.5, 0.6) is 0 Å². The van der Waals surface area contributed by atoms with Crippen molar-refractivity contribution < 1.29 is 15.3 Å². The summed E-state index contributed by atoms with van der Waals surface area (Å²) in [5.41, 5.74) is 0.671. The number of allylic oxidation sites excluding steroid dienone is 1. The lowest BCUT2D eigenvalue weighted by molar-refractivity contribution is -0.0625. The standard InChI is InChI=1S/C27H46O3/c1-24(2,29)17-25(3,30)13-10-18-7-9-22-21-8-6-19-16-20(28)11-14-27(19,5)23(21)12-15-26(18,22)4/h6,18,20-23,28-30H,7-17H2,1-5H3/t18-,20+,21+,22+,23+,25?,26-,27+/m1/s1. The van der Waals surface area contributed by atoms with Crippen molar-refractivity contribution in [2.75, 3.05) is 0 Å². The largest absolute Gasteiger partial charge is 0.393 e. The Hall–Kier alpha value is -0.380. The molecule has 0 saturated heterocycles. The van der Waals surface area contributed by atoms with Gasteiger partial charge < -0.3 is 15.3 Å². The van der Waals surface area contributed by atoms with E-state index in [0.717, 1.165) is 49.9 Å². The van der Waals surface area contributed by atoms with Gasteiger partial charge in [-0.2, -0.15) is 0 Å². The molecule has 0 radical (unpaired) electrons. The van der Waals surface area contributed by atoms with E-state index < -0.39 is 11.2 Å². The zero-order valence-corrected chi connectivity index (χ0v) is 20.1. The van der Waals surface area contributed by atoms with Gasteiger partial charge in [0.1, 0.15) is 0 Å². The molecule has 0 aromatic carbocycles. The zero-order valence-electron chi connectivity index (χ0n) is 20.1. The van der Waals surface area contributed by atoms with Crippen LogP contribution in [0.2, 0.25) is 0 Å². The molecule has 4 rings (SSSR count). The maximum atomic E-state index is 10.9. The van der Waals surface area contributed by atoms with Crippen molar-refractivity contribution in [3.05, 3.63) is 11.6 Å². The molecule has 4 aliphatic carbocycles. The topological polar surface area (TPSA) is 60.7 Å². The minimum Gasteiger partial charge on any atom is -0.393 e. The Labute approximate surface area is 184 Å². The van der Waals surface area contributed by atoms with Crippen molar-refractivity contribution in [2.24, 2.45) is 34.5 Å². The van der Waals surface area contributed by atoms with Crippen LogP contribution in [0.3, 0.4) is 0 Å². The summed E-state index contributed by atoms with van der Waals surface area (Å²) >= 11 is 0. The third kappa shape index (κ3) is 4.04. The predicted molar refractivity (Wildman–Crippen MR) is 122 cm³/mol. The Morgan fingerprint density at radius 1 is 1.00 bits per heavy atom. The summed E-state index contributed by atoms with van der Waals surface area (Å²) < 4.78 is 0. The highest BCUT2D eigenvalue weighted by Gasteiger charge is 2.58. The monoisotopic (exact) mass is 418 g/mol. The van der Waals surface area contributed by atoms with Crippen molar-refractivity contribution in [1.29, 1.82) is 0 Å². The molecule has 3 heteroatoms. The Bertz CT molecular complexity index is 674. The number of fused-ring (bicyclic) bond motifs is 5. The molecule has 30 heavy (non-hydrogen) atoms. The highest BCUT2D eigenvalue weighted by Crippen LogP contribution is 2.66. The number of hydrogen-bond acceptors (Lipinski definition) is 3. The van der Waals surface area contributed by atoms with Crippen LogP contribution in [0, 0.1) is 34.5 Å². The Balaban J connectivity index is 1.46. The molecule has 0 spiro atoms. The quantitative estimate of drug-likeness (QED) is 0.508. The van der Waals surface area contributed by atoms with E-state index in [9.17, 15) is 15.3 Å². The molecule has 0 aromatic heterocycles. The van der Waals surface area contributed by atoms with Gasteiger partial charge in [0.25, 0.3) is 0 Å². The maximum Gasteiger partial charge on any atom is 0.0647 e. The van der Waals surface area contributed by atoms with Gasteiger partial charge in [-0.3, -0.25) is 0 Å². The fourth-order valence-electron chi connectivity index (χ4n) is 8.73. The first kappa shape index (κ1) is 22.8. The van der Waals surface area contributed by atoms with Crippen LogP contribution in [0.4, 0.5) is 0 Å². The SMILES string of the molecule is CC(C)(O)CC(C)(O)CC[C@H]1CC[C@H]2[C@@H]3CC=C4C[C@@H](O)CC[C@]4(C)[C@H]3CC[C@]12C. The molecule has 0 heterocycles. The van der Waals surface area contributed by atoms with Crippen molar-refractivity contribution in [1.82, 2.24) is 0 Å². The number of aliphatic hydroxyl groups excluding tert-OH is 1. The second-order valence-corrected chi connectivity index (χ2v) is 13.0. The van der Waals surface area contributed by atoms with Gasteiger partial charge in [-0.15, -0.1) is 0 Å². The van der Waals surface area contributed by atoms with Gasteiger partial charge in [0.2, 0.25) is 0 Å². The molecule has 3 N–H and O–H groups in total. The lowest BCUT2D eigenvalue weighted by atomic mass is 9.47. The smallest absolute Gasteiger partial charge is 0.0647 e. The van der Waals surface area contributed by atoms with Gasteiger partial charge in [-0.1, -0.05) is 25.5 Å². The summed E-state index contributed by atoms with van der Waals surface area (Å²) in [6.07, 6.45) is 14.3. The summed E-state index contributed by atoms with van der Waals surface area (Å²) in [5.74, 6) is 3.10. The Kier molecular flexibility index (Phi) is 5.77. The molecule has 3 saturated carbocycles. The van der Waals surface area contributed by atoms with Crippen LogP contribution in [0.1, 0.15) is 105 Å². The van der Waals surface area contributed by atoms with Gasteiger partial charge in [0, 0.05) is 6.42 Å². The van der Waals surface area contributed by atoms with E-state index >= 15 is 0 Å². The third-order valence-electron chi connectivity index (χ3n) is 10.1. The van der Waals surface area contributed by atoms with Gasteiger partial charge in [-0.25, -0.2) is 0 Å². The molecule has 3 fully saturated rings. The average Bonchev–Trinajstić information content (AvgIpc) is 2.95. The van der Waals surface area contributed by atoms with Crippen molar-refractivity contribution in [3.63, 3.8) is 0 Å². The molecule has 0 bridgehead atoms. The van der Waals surface area contributed by atoms with Crippen molar-refractivity contribution >= 4 is 0 Å². The second kappa shape index (κ2) is 7.59. The van der Waals surface area contributed by atoms with E-state index in [0.29, 0.717) is 23.2 Å². The highest BCUT2D eigenvalue weighted by molar-refractivity contribution is 5.25. The van der Waals surface area contributed by atoms with Gasteiger partial charge in [0.05, 0.1) is 17.3 Å². The lowest BCUT2D eigenvalue weighted by Gasteiger charge is -2.58. The van der Waals surface area contributed by atoms with E-state index in [-0.39, 0.29) is 6.10 Å². The Morgan fingerprint density at radius 3 is 2.43 bits per heavy atom. The van der Waals surface area contributed by atoms with Gasteiger partial charge in [0.15, 0.2) is 0 Å². The van der Waals surface area contributed by atoms with Crippen LogP contribution in [0.15, 0.2) is 11.6 Å². The predicted octanol–water partition coefficient (Wildman–Crippen LogP) is 5.62. The van der Waals surface area contributed by atoms with Crippen LogP contribution in [-0.4, -0.2) is 32.6 Å². The normalized spacial score (nSPS) is 45.7. The van der Waals surface area contributed by atoms with Crippen LogP contribution in [0.25, 0.3) is 0 Å². The molecular weight excluding hydrogens is 372 g/mol. The lowest BCUT2D eigenvalue weighted by Crippen LogP contribution is -2.50. The molecule has 0 aromatic rings. The molecule has 0 amide bonds. The first-order chi connectivity index (χ1) is 13.8. The van der Waals surface area contributed by atoms with E-state index in [1.165, 1.54) is 32.1 Å². The number of hydrogen-bond donors (Lipinski definition) is 3. The molecule has 1 unspecified atom stereocenters. The molecule has 8 atom stereocenters. The van der Waals surface area contributed by atoms with Gasteiger partial charge >= 0.3 is 0 Å². The Morgan fingerprint density at radius 2 is 1.73 bits per heavy atom. The first-order valence-electron chi connectivity index (χ1n) is 12.7. The second-order valence-electron chi connectivity index (χ2n) is 13.0. The highest BCUT2D eigenvalue weighted by atomic mass is 16.3. The average molecular weight is 419 g/mol. The van der Waals surface area contributed by atoms with Crippen molar-refractivity contribution in [2.45, 2.75) is 123 Å². The van der Waals surface area contributed by atoms with Crippen LogP contribution in [-0.2, 0) is 0 Å². The summed E-state index contributed by atoms with van der Waals surface area (Å²) in [4.78, 5) is 0. The minimum atomic E-state index is -0.821. The van der Waals surface area contributed by atoms with Crippen molar-refractivity contribution in [3.8, 4) is 0 Å². The van der Waals surface area contributed by atoms with Crippen LogP contribution < -0.4 is 0 Å². The molecule has 3 nitrogen and oxygen atoms in total. The van der Waals surface area contributed by atoms with E-state index in [2.05, 4.69) is 19.9 Å². The molecule has 4 aliphatic rings. The minimum absolute atomic E-state index is 0.123. The fourth-order valence-corrected chi connectivity index (χ4v) is 8.73. The number of rotatable bonds is 5. The molecular formula is C27H46O3. The summed E-state index contributed by atoms with van der Waals surface area (Å²) in [6, 6.07) is 0. The van der Waals surface area contributed by atoms with E-state index in [1.807, 2.05) is 6.92 Å². The maximum absolute atomic E-state index is 10.9. The zero-order chi connectivity index (χ0) is 21.9. The van der Waals surface area contributed by atoms with E-state index in [1.54, 1.807) is 19.4 Å². The van der Waals surface area contributed by atoms with Gasteiger partial charge in [-0.05, 0) is 119 Å². The fraction of sp³-hybridized carbons (Fsp3) is 0.926. The summed E-state index contributed by atoms with van der Waals surface area (Å²) in [6.45, 7) is 10.6.